The molecule has 2 N–H and O–H groups in total. The van der Waals surface area contributed by atoms with E-state index in [0.29, 0.717) is 37.4 Å². The second-order valence-electron chi connectivity index (χ2n) is 11.7. The van der Waals surface area contributed by atoms with Crippen LogP contribution in [-0.2, 0) is 26.2 Å². The third-order valence-corrected chi connectivity index (χ3v) is 8.37. The van der Waals surface area contributed by atoms with Gasteiger partial charge in [-0.05, 0) is 77.8 Å². The molecule has 1 aliphatic rings. The summed E-state index contributed by atoms with van der Waals surface area (Å²) >= 11 is 0. The van der Waals surface area contributed by atoms with E-state index in [1.165, 1.54) is 5.56 Å². The first kappa shape index (κ1) is 30.4. The second-order valence-corrected chi connectivity index (χ2v) is 11.7. The molecule has 230 valence electrons. The van der Waals surface area contributed by atoms with Crippen molar-refractivity contribution in [3.05, 3.63) is 161 Å². The number of benzene rings is 5. The summed E-state index contributed by atoms with van der Waals surface area (Å²) in [7, 11) is 0. The van der Waals surface area contributed by atoms with E-state index < -0.39 is 6.10 Å². The Morgan fingerprint density at radius 2 is 1.16 bits per heavy atom. The molecule has 3 atom stereocenters. The van der Waals surface area contributed by atoms with Crippen LogP contribution in [-0.4, -0.2) is 17.2 Å². The molecular weight excluding hydrogens is 558 g/mol. The van der Waals surface area contributed by atoms with Crippen molar-refractivity contribution in [2.24, 2.45) is 0 Å². The van der Waals surface area contributed by atoms with E-state index in [0.717, 1.165) is 53.7 Å². The van der Waals surface area contributed by atoms with Gasteiger partial charge in [-0.15, -0.1) is 0 Å². The van der Waals surface area contributed by atoms with Gasteiger partial charge in [0.1, 0.15) is 25.6 Å². The lowest BCUT2D eigenvalue weighted by Gasteiger charge is -2.22. The van der Waals surface area contributed by atoms with Crippen LogP contribution in [0.25, 0.3) is 0 Å². The number of hydrogen-bond donors (Lipinski definition) is 2. The highest BCUT2D eigenvalue weighted by molar-refractivity contribution is 5.44. The van der Waals surface area contributed by atoms with Crippen LogP contribution in [0.15, 0.2) is 133 Å². The average Bonchev–Trinajstić information content (AvgIpc) is 3.59. The Labute approximate surface area is 266 Å². The fraction of sp³-hybridized carbons (Fsp3) is 0.250. The lowest BCUT2D eigenvalue weighted by molar-refractivity contribution is 0.134. The lowest BCUT2D eigenvalue weighted by Crippen LogP contribution is -2.34. The fourth-order valence-electron chi connectivity index (χ4n) is 5.84. The molecule has 1 fully saturated rings. The fourth-order valence-corrected chi connectivity index (χ4v) is 5.84. The van der Waals surface area contributed by atoms with Gasteiger partial charge in [-0.25, -0.2) is 0 Å². The van der Waals surface area contributed by atoms with Crippen molar-refractivity contribution < 1.29 is 19.3 Å². The predicted molar refractivity (Wildman–Crippen MR) is 178 cm³/mol. The van der Waals surface area contributed by atoms with Crippen molar-refractivity contribution >= 4 is 0 Å². The van der Waals surface area contributed by atoms with Crippen molar-refractivity contribution in [3.8, 4) is 17.2 Å². The molecule has 5 nitrogen and oxygen atoms in total. The number of hydrogen-bond acceptors (Lipinski definition) is 5. The van der Waals surface area contributed by atoms with Crippen LogP contribution in [0.2, 0.25) is 0 Å². The molecule has 0 amide bonds. The monoisotopic (exact) mass is 599 g/mol. The second kappa shape index (κ2) is 15.4. The van der Waals surface area contributed by atoms with Crippen molar-refractivity contribution in [3.63, 3.8) is 0 Å². The molecule has 6 rings (SSSR count). The van der Waals surface area contributed by atoms with Crippen molar-refractivity contribution in [1.29, 1.82) is 0 Å². The highest BCUT2D eigenvalue weighted by atomic mass is 16.5. The number of aliphatic hydroxyl groups is 1. The summed E-state index contributed by atoms with van der Waals surface area (Å²) in [6.07, 6.45) is 3.25. The van der Waals surface area contributed by atoms with E-state index in [2.05, 4.69) is 35.6 Å². The summed E-state index contributed by atoms with van der Waals surface area (Å²) < 4.78 is 18.5. The molecule has 0 aliphatic carbocycles. The quantitative estimate of drug-likeness (QED) is 0.135. The summed E-state index contributed by atoms with van der Waals surface area (Å²) in [6.45, 7) is 1.43. The maximum Gasteiger partial charge on any atom is 0.162 e. The molecule has 0 spiro atoms. The average molecular weight is 600 g/mol. The molecule has 1 heterocycles. The molecule has 1 aliphatic heterocycles. The van der Waals surface area contributed by atoms with Crippen LogP contribution in [0.5, 0.6) is 17.2 Å². The molecule has 3 unspecified atom stereocenters. The van der Waals surface area contributed by atoms with Crippen molar-refractivity contribution in [1.82, 2.24) is 5.32 Å². The Hall–Kier alpha value is -4.58. The Bertz CT molecular complexity index is 1610. The third kappa shape index (κ3) is 8.75. The zero-order chi connectivity index (χ0) is 30.7. The van der Waals surface area contributed by atoms with E-state index in [1.54, 1.807) is 0 Å². The van der Waals surface area contributed by atoms with Gasteiger partial charge in [-0.2, -0.15) is 0 Å². The van der Waals surface area contributed by atoms with E-state index in [1.807, 2.05) is 103 Å². The van der Waals surface area contributed by atoms with E-state index in [-0.39, 0.29) is 6.04 Å². The largest absolute Gasteiger partial charge is 0.489 e. The third-order valence-electron chi connectivity index (χ3n) is 8.37. The molecular formula is C40H41NO4. The number of rotatable bonds is 14. The number of nitrogens with one attached hydrogen (secondary N) is 1. The minimum Gasteiger partial charge on any atom is -0.489 e. The summed E-state index contributed by atoms with van der Waals surface area (Å²) in [6, 6.07) is 44.9. The Morgan fingerprint density at radius 3 is 1.80 bits per heavy atom. The van der Waals surface area contributed by atoms with Gasteiger partial charge in [-0.3, -0.25) is 0 Å². The summed E-state index contributed by atoms with van der Waals surface area (Å²) in [5, 5.41) is 15.2. The van der Waals surface area contributed by atoms with E-state index in [4.69, 9.17) is 14.2 Å². The normalized spacial score (nSPS) is 16.6. The number of ether oxygens (including phenoxy) is 3. The van der Waals surface area contributed by atoms with E-state index in [9.17, 15) is 5.11 Å². The van der Waals surface area contributed by atoms with Crippen LogP contribution in [0, 0.1) is 0 Å². The van der Waals surface area contributed by atoms with Crippen LogP contribution in [0.4, 0.5) is 0 Å². The standard InChI is InChI=1S/C40H41NO4/c42-40(37-23-22-35(41-37)21-19-30-17-10-18-36(25-30)43-27-31-11-4-1-5-12-31)34-20-24-38(44-28-32-13-6-2-7-14-32)39(26-34)45-29-33-15-8-3-9-16-33/h1-18,20,24-26,35,37,40-42H,19,21-23,27-29H2. The summed E-state index contributed by atoms with van der Waals surface area (Å²) in [5.74, 6) is 2.19. The molecule has 0 radical (unpaired) electrons. The van der Waals surface area contributed by atoms with Crippen molar-refractivity contribution in [2.45, 2.75) is 63.7 Å². The first-order chi connectivity index (χ1) is 22.2. The van der Waals surface area contributed by atoms with Crippen LogP contribution in [0.1, 0.15) is 53.2 Å². The SMILES string of the molecule is OC(c1ccc(OCc2ccccc2)c(OCc2ccccc2)c1)C1CCC(CCc2cccc(OCc3ccccc3)c2)N1. The topological polar surface area (TPSA) is 60.0 Å². The van der Waals surface area contributed by atoms with Gasteiger partial charge < -0.3 is 24.6 Å². The molecule has 5 aromatic carbocycles. The van der Waals surface area contributed by atoms with Gasteiger partial charge in [-0.1, -0.05) is 109 Å². The van der Waals surface area contributed by atoms with Gasteiger partial charge in [0.15, 0.2) is 11.5 Å². The zero-order valence-electron chi connectivity index (χ0n) is 25.6. The molecule has 45 heavy (non-hydrogen) atoms. The summed E-state index contributed by atoms with van der Waals surface area (Å²) in [5.41, 5.74) is 5.41. The Balaban J connectivity index is 1.05. The van der Waals surface area contributed by atoms with E-state index >= 15 is 0 Å². The first-order valence-corrected chi connectivity index (χ1v) is 15.9. The molecule has 0 bridgehead atoms. The van der Waals surface area contributed by atoms with Crippen LogP contribution < -0.4 is 19.5 Å². The molecule has 5 heteroatoms. The first-order valence-electron chi connectivity index (χ1n) is 15.9. The maximum atomic E-state index is 11.4. The smallest absolute Gasteiger partial charge is 0.162 e. The molecule has 5 aromatic rings. The Kier molecular flexibility index (Phi) is 10.4. The van der Waals surface area contributed by atoms with Crippen molar-refractivity contribution in [2.75, 3.05) is 0 Å². The zero-order valence-corrected chi connectivity index (χ0v) is 25.6. The lowest BCUT2D eigenvalue weighted by atomic mass is 10.00. The predicted octanol–water partition coefficient (Wildman–Crippen LogP) is 8.21. The summed E-state index contributed by atoms with van der Waals surface area (Å²) in [4.78, 5) is 0. The Morgan fingerprint density at radius 1 is 0.578 bits per heavy atom. The van der Waals surface area contributed by atoms with Gasteiger partial charge in [0, 0.05) is 12.1 Å². The van der Waals surface area contributed by atoms with Gasteiger partial charge >= 0.3 is 0 Å². The highest BCUT2D eigenvalue weighted by Crippen LogP contribution is 2.35. The maximum absolute atomic E-state index is 11.4. The van der Waals surface area contributed by atoms with Crippen LogP contribution in [0.3, 0.4) is 0 Å². The highest BCUT2D eigenvalue weighted by Gasteiger charge is 2.30. The molecule has 0 saturated carbocycles. The number of aliphatic hydroxyl groups excluding tert-OH is 1. The molecule has 0 aromatic heterocycles. The van der Waals surface area contributed by atoms with Gasteiger partial charge in [0.25, 0.3) is 0 Å². The number of aryl methyl sites for hydroxylation is 1. The van der Waals surface area contributed by atoms with Crippen LogP contribution >= 0.6 is 0 Å². The molecule has 1 saturated heterocycles. The minimum atomic E-state index is -0.646. The van der Waals surface area contributed by atoms with Gasteiger partial charge in [0.05, 0.1) is 6.10 Å². The minimum absolute atomic E-state index is 0.0198. The van der Waals surface area contributed by atoms with Gasteiger partial charge in [0.2, 0.25) is 0 Å².